The number of hydrogen-bond acceptors (Lipinski definition) is 3. The normalized spacial score (nSPS) is 27.0. The first kappa shape index (κ1) is 26.3. The van der Waals surface area contributed by atoms with E-state index in [4.69, 9.17) is 4.74 Å². The number of benzene rings is 2. The van der Waals surface area contributed by atoms with E-state index >= 15 is 0 Å². The minimum atomic E-state index is -0.371. The van der Waals surface area contributed by atoms with Crippen LogP contribution in [0.4, 0.5) is 5.69 Å². The van der Waals surface area contributed by atoms with Crippen LogP contribution in [0.2, 0.25) is 0 Å². The Hall–Kier alpha value is -2.88. The Kier molecular flexibility index (Phi) is 7.39. The first-order chi connectivity index (χ1) is 19.0. The Morgan fingerprint density at radius 1 is 0.897 bits per heavy atom. The second kappa shape index (κ2) is 10.9. The molecule has 5 aliphatic rings. The molecule has 5 fully saturated rings. The number of methoxy groups -OCH3 is 1. The van der Waals surface area contributed by atoms with Gasteiger partial charge in [0.1, 0.15) is 0 Å². The number of esters is 1. The number of rotatable bonds is 8. The lowest BCUT2D eigenvalue weighted by Crippen LogP contribution is -2.51. The third kappa shape index (κ3) is 5.58. The van der Waals surface area contributed by atoms with E-state index in [1.54, 1.807) is 11.6 Å². The number of amides is 1. The molecule has 2 aromatic rings. The Labute approximate surface area is 233 Å². The Balaban J connectivity index is 1.22. The van der Waals surface area contributed by atoms with Gasteiger partial charge in [-0.1, -0.05) is 55.7 Å². The van der Waals surface area contributed by atoms with E-state index in [9.17, 15) is 9.59 Å². The van der Waals surface area contributed by atoms with Gasteiger partial charge in [-0.3, -0.25) is 4.79 Å². The predicted molar refractivity (Wildman–Crippen MR) is 157 cm³/mol. The molecule has 7 rings (SSSR count). The second-order valence-corrected chi connectivity index (χ2v) is 12.9. The molecule has 5 aliphatic carbocycles. The molecule has 0 aliphatic heterocycles. The fourth-order valence-corrected chi connectivity index (χ4v) is 7.69. The molecule has 0 spiro atoms. The Bertz CT molecular complexity index is 1190. The smallest absolute Gasteiger partial charge is 0.330 e. The van der Waals surface area contributed by atoms with Crippen LogP contribution in [0.1, 0.15) is 106 Å². The van der Waals surface area contributed by atoms with Crippen molar-refractivity contribution < 1.29 is 14.3 Å². The molecule has 0 aromatic heterocycles. The molecule has 4 heteroatoms. The van der Waals surface area contributed by atoms with Crippen molar-refractivity contribution in [2.75, 3.05) is 18.6 Å². The highest BCUT2D eigenvalue weighted by atomic mass is 16.5. The van der Waals surface area contributed by atoms with Crippen LogP contribution in [-0.2, 0) is 19.7 Å². The van der Waals surface area contributed by atoms with Gasteiger partial charge in [-0.05, 0) is 116 Å². The van der Waals surface area contributed by atoms with Crippen molar-refractivity contribution in [2.24, 2.45) is 11.3 Å². The summed E-state index contributed by atoms with van der Waals surface area (Å²) in [5.74, 6) is 0.866. The van der Waals surface area contributed by atoms with Gasteiger partial charge in [0.05, 0.1) is 7.11 Å². The highest BCUT2D eigenvalue weighted by Gasteiger charge is 2.50. The molecule has 39 heavy (non-hydrogen) atoms. The van der Waals surface area contributed by atoms with E-state index < -0.39 is 0 Å². The van der Waals surface area contributed by atoms with Crippen LogP contribution < -0.4 is 4.90 Å². The summed E-state index contributed by atoms with van der Waals surface area (Å²) in [5.41, 5.74) is 5.46. The molecule has 206 valence electrons. The molecule has 4 nitrogen and oxygen atoms in total. The lowest BCUT2D eigenvalue weighted by atomic mass is 9.51. The van der Waals surface area contributed by atoms with E-state index in [0.717, 1.165) is 49.4 Å². The second-order valence-electron chi connectivity index (χ2n) is 12.9. The van der Waals surface area contributed by atoms with Crippen molar-refractivity contribution in [2.45, 2.75) is 94.8 Å². The summed E-state index contributed by atoms with van der Waals surface area (Å²) < 4.78 is 4.77. The molecule has 2 aromatic carbocycles. The molecule has 5 saturated carbocycles. The third-order valence-electron chi connectivity index (χ3n) is 10.5. The summed E-state index contributed by atoms with van der Waals surface area (Å²) >= 11 is 0. The predicted octanol–water partition coefficient (Wildman–Crippen LogP) is 7.96. The lowest BCUT2D eigenvalue weighted by molar-refractivity contribution is -0.134. The van der Waals surface area contributed by atoms with Gasteiger partial charge in [-0.2, -0.15) is 0 Å². The first-order valence-corrected chi connectivity index (χ1v) is 15.3. The number of ether oxygens (including phenoxy) is 1. The molecule has 0 atom stereocenters. The van der Waals surface area contributed by atoms with Crippen LogP contribution in [-0.4, -0.2) is 25.5 Å². The molecule has 0 unspecified atom stereocenters. The van der Waals surface area contributed by atoms with Crippen LogP contribution in [0, 0.1) is 11.3 Å². The van der Waals surface area contributed by atoms with Gasteiger partial charge < -0.3 is 9.64 Å². The van der Waals surface area contributed by atoms with Crippen LogP contribution >= 0.6 is 0 Å². The van der Waals surface area contributed by atoms with Crippen LogP contribution in [0.5, 0.6) is 0 Å². The van der Waals surface area contributed by atoms with Gasteiger partial charge in [0.15, 0.2) is 0 Å². The average Bonchev–Trinajstić information content (AvgIpc) is 3.86. The van der Waals surface area contributed by atoms with Gasteiger partial charge in [0.2, 0.25) is 5.91 Å². The highest BCUT2D eigenvalue weighted by Crippen LogP contribution is 2.58. The first-order valence-electron chi connectivity index (χ1n) is 15.3. The van der Waals surface area contributed by atoms with Gasteiger partial charge in [-0.15, -0.1) is 0 Å². The number of hydrogen-bond donors (Lipinski definition) is 0. The topological polar surface area (TPSA) is 46.6 Å². The molecule has 0 N–H and O–H groups in total. The minimum Gasteiger partial charge on any atom is -0.466 e. The largest absolute Gasteiger partial charge is 0.466 e. The summed E-state index contributed by atoms with van der Waals surface area (Å²) in [6, 6.07) is 17.8. The standard InChI is InChI=1S/C35H43NO3/c1-39-32(37)17-10-26-6-5-9-31(24-26)36(33(38)29-7-3-2-4-8-29)25-34-18-21-35(22-19-34,23-20-34)30-15-13-28(14-16-30)27-11-12-27/h5-6,9-10,13-17,24,27,29H,2-4,7-8,11-12,18-23,25H2,1H3/b17-10+. The summed E-state index contributed by atoms with van der Waals surface area (Å²) in [6.07, 6.45) is 18.7. The number of nitrogens with zero attached hydrogens (tertiary/aromatic N) is 1. The van der Waals surface area contributed by atoms with Gasteiger partial charge in [0, 0.05) is 24.2 Å². The number of carbonyl (C=O) groups is 2. The molecule has 0 saturated heterocycles. The SMILES string of the molecule is COC(=O)/C=C/c1cccc(N(CC23CCC(c4ccc(C5CC5)cc4)(CC2)CC3)C(=O)C2CCCCC2)c1. The molecule has 2 bridgehead atoms. The van der Waals surface area contributed by atoms with E-state index in [1.807, 2.05) is 12.1 Å². The molecule has 0 radical (unpaired) electrons. The van der Waals surface area contributed by atoms with Crippen LogP contribution in [0.25, 0.3) is 6.08 Å². The average molecular weight is 526 g/mol. The Morgan fingerprint density at radius 3 is 2.23 bits per heavy atom. The molecule has 1 amide bonds. The fraction of sp³-hybridized carbons (Fsp3) is 0.543. The van der Waals surface area contributed by atoms with Gasteiger partial charge >= 0.3 is 5.97 Å². The highest BCUT2D eigenvalue weighted by molar-refractivity contribution is 5.95. The third-order valence-corrected chi connectivity index (χ3v) is 10.5. The summed E-state index contributed by atoms with van der Waals surface area (Å²) in [7, 11) is 1.39. The van der Waals surface area contributed by atoms with Crippen molar-refractivity contribution in [3.8, 4) is 0 Å². The van der Waals surface area contributed by atoms with Crippen LogP contribution in [0.15, 0.2) is 54.6 Å². The fourth-order valence-electron chi connectivity index (χ4n) is 7.69. The lowest BCUT2D eigenvalue weighted by Gasteiger charge is -2.55. The zero-order chi connectivity index (χ0) is 26.9. The van der Waals surface area contributed by atoms with Gasteiger partial charge in [0.25, 0.3) is 0 Å². The van der Waals surface area contributed by atoms with E-state index in [2.05, 4.69) is 41.3 Å². The van der Waals surface area contributed by atoms with Crippen molar-refractivity contribution in [3.05, 3.63) is 71.3 Å². The zero-order valence-corrected chi connectivity index (χ0v) is 23.5. The molecular formula is C35H43NO3. The summed E-state index contributed by atoms with van der Waals surface area (Å²) in [6.45, 7) is 0.809. The minimum absolute atomic E-state index is 0.126. The number of carbonyl (C=O) groups excluding carboxylic acids is 2. The van der Waals surface area contributed by atoms with Crippen molar-refractivity contribution in [1.82, 2.24) is 0 Å². The van der Waals surface area contributed by atoms with Crippen molar-refractivity contribution in [1.29, 1.82) is 0 Å². The number of fused-ring (bicyclic) bond motifs is 3. The van der Waals surface area contributed by atoms with Crippen molar-refractivity contribution >= 4 is 23.6 Å². The maximum absolute atomic E-state index is 14.1. The van der Waals surface area contributed by atoms with Crippen LogP contribution in [0.3, 0.4) is 0 Å². The summed E-state index contributed by atoms with van der Waals surface area (Å²) in [4.78, 5) is 27.9. The quantitative estimate of drug-likeness (QED) is 0.259. The van der Waals surface area contributed by atoms with Gasteiger partial charge in [-0.25, -0.2) is 4.79 Å². The number of anilines is 1. The van der Waals surface area contributed by atoms with E-state index in [0.29, 0.717) is 11.3 Å². The molecular weight excluding hydrogens is 482 g/mol. The Morgan fingerprint density at radius 2 is 1.59 bits per heavy atom. The van der Waals surface area contributed by atoms with E-state index in [-0.39, 0.29) is 17.3 Å². The maximum atomic E-state index is 14.1. The van der Waals surface area contributed by atoms with E-state index in [1.165, 1.54) is 76.5 Å². The summed E-state index contributed by atoms with van der Waals surface area (Å²) in [5, 5.41) is 0. The monoisotopic (exact) mass is 525 g/mol. The maximum Gasteiger partial charge on any atom is 0.330 e. The molecule has 0 heterocycles. The zero-order valence-electron chi connectivity index (χ0n) is 23.5. The van der Waals surface area contributed by atoms with Crippen molar-refractivity contribution in [3.63, 3.8) is 0 Å².